The zero-order valence-corrected chi connectivity index (χ0v) is 31.8. The number of thioether (sulfide) groups is 2. The highest BCUT2D eigenvalue weighted by Gasteiger charge is 2.31. The molecule has 0 aliphatic heterocycles. The van der Waals surface area contributed by atoms with Crippen molar-refractivity contribution in [2.45, 2.75) is 13.8 Å². The number of aromatic hydroxyl groups is 1. The normalized spacial score (nSPS) is 10.4. The lowest BCUT2D eigenvalue weighted by Crippen LogP contribution is -2.08. The fraction of sp³-hybridized carbons (Fsp3) is 0.231. The topological polar surface area (TPSA) is 266 Å². The van der Waals surface area contributed by atoms with Crippen LogP contribution in [0, 0.1) is 30.3 Å². The second-order valence-electron chi connectivity index (χ2n) is 8.54. The minimum absolute atomic E-state index is 0.0138. The van der Waals surface area contributed by atoms with Crippen LogP contribution in [-0.2, 0) is 23.2 Å². The summed E-state index contributed by atoms with van der Waals surface area (Å²) in [6.07, 6.45) is 0. The number of benzene rings is 3. The van der Waals surface area contributed by atoms with E-state index in [1.165, 1.54) is 62.4 Å². The molecule has 0 radical (unpaired) electrons. The maximum Gasteiger partial charge on any atom is 0.587 e. The van der Waals surface area contributed by atoms with Crippen LogP contribution in [0.25, 0.3) is 0 Å². The number of carbonyl (C=O) groups is 2. The van der Waals surface area contributed by atoms with Gasteiger partial charge in [-0.05, 0) is 70.1 Å². The number of aliphatic hydroxyl groups excluding tert-OH is 1. The van der Waals surface area contributed by atoms with Crippen LogP contribution in [0.2, 0.25) is 0 Å². The Morgan fingerprint density at radius 2 is 1.00 bits per heavy atom. The van der Waals surface area contributed by atoms with Gasteiger partial charge in [0.25, 0.3) is 17.1 Å². The first-order valence-electron chi connectivity index (χ1n) is 13.3. The van der Waals surface area contributed by atoms with E-state index in [9.17, 15) is 49.1 Å². The van der Waals surface area contributed by atoms with E-state index in [4.69, 9.17) is 23.8 Å². The number of nitrogens with zero attached hydrogens (tertiary/aromatic N) is 3. The molecule has 0 bridgehead atoms. The van der Waals surface area contributed by atoms with Crippen molar-refractivity contribution in [1.29, 1.82) is 0 Å². The van der Waals surface area contributed by atoms with Crippen molar-refractivity contribution in [2.75, 3.05) is 24.7 Å². The predicted molar refractivity (Wildman–Crippen MR) is 194 cm³/mol. The minimum atomic E-state index is -4.27. The largest absolute Gasteiger partial charge is 0.587 e. The molecule has 3 rings (SSSR count). The van der Waals surface area contributed by atoms with Crippen LogP contribution in [0.5, 0.6) is 17.2 Å². The molecule has 0 unspecified atom stereocenters. The molecule has 0 heterocycles. The number of hydrogen-bond donors (Lipinski definition) is 2. The number of hydrogen-bond acceptors (Lipinski definition) is 17. The molecule has 0 aromatic heterocycles. The molecule has 2 N–H and O–H groups in total. The van der Waals surface area contributed by atoms with Gasteiger partial charge in [-0.15, -0.1) is 0 Å². The smallest absolute Gasteiger partial charge is 0.508 e. The number of rotatable bonds is 13. The molecule has 280 valence electrons. The molecule has 3 aromatic rings. The van der Waals surface area contributed by atoms with E-state index in [0.29, 0.717) is 5.75 Å². The number of halogens is 3. The van der Waals surface area contributed by atoms with E-state index in [1.54, 1.807) is 0 Å². The van der Waals surface area contributed by atoms with Gasteiger partial charge in [0.05, 0.1) is 28.0 Å². The fourth-order valence-electron chi connectivity index (χ4n) is 2.69. The predicted octanol–water partition coefficient (Wildman–Crippen LogP) is 8.73. The number of nitro groups is 3. The Labute approximate surface area is 312 Å². The van der Waals surface area contributed by atoms with Crippen LogP contribution in [-0.4, -0.2) is 59.9 Å². The second-order valence-corrected chi connectivity index (χ2v) is 19.2. The summed E-state index contributed by atoms with van der Waals surface area (Å²) < 4.78 is 38.3. The van der Waals surface area contributed by atoms with Crippen molar-refractivity contribution in [3.05, 3.63) is 103 Å². The van der Waals surface area contributed by atoms with E-state index in [1.807, 2.05) is 0 Å². The molecule has 18 nitrogen and oxygen atoms in total. The Bertz CT molecular complexity index is 1610. The molecule has 51 heavy (non-hydrogen) atoms. The number of phenols is 1. The molecule has 0 saturated carbocycles. The van der Waals surface area contributed by atoms with Crippen molar-refractivity contribution >= 4 is 97.6 Å². The number of phosphoric ester groups is 1. The maximum atomic E-state index is 13.0. The lowest BCUT2D eigenvalue weighted by molar-refractivity contribution is -0.385. The molecule has 0 atom stereocenters. The van der Waals surface area contributed by atoms with Crippen LogP contribution < -0.4 is 9.05 Å². The minimum Gasteiger partial charge on any atom is -0.508 e. The number of aliphatic hydroxyl groups is 1. The molecular weight excluding hydrogens is 827 g/mol. The number of nitro benzene ring substituents is 3. The fourth-order valence-corrected chi connectivity index (χ4v) is 4.86. The van der Waals surface area contributed by atoms with Crippen LogP contribution in [0.1, 0.15) is 13.8 Å². The van der Waals surface area contributed by atoms with Gasteiger partial charge >= 0.3 is 13.0 Å². The van der Waals surface area contributed by atoms with Crippen LogP contribution >= 0.6 is 70.3 Å². The summed E-state index contributed by atoms with van der Waals surface area (Å²) in [4.78, 5) is 50.8. The molecule has 0 aliphatic carbocycles. The van der Waals surface area contributed by atoms with Crippen LogP contribution in [0.3, 0.4) is 0 Å². The third-order valence-electron chi connectivity index (χ3n) is 4.62. The third kappa shape index (κ3) is 25.2. The first kappa shape index (κ1) is 47.5. The van der Waals surface area contributed by atoms with Crippen molar-refractivity contribution < 1.29 is 57.3 Å². The van der Waals surface area contributed by atoms with Crippen molar-refractivity contribution in [3.8, 4) is 17.2 Å². The summed E-state index contributed by atoms with van der Waals surface area (Å²) in [5, 5.41) is 45.0. The summed E-state index contributed by atoms with van der Waals surface area (Å²) in [5.41, 5.74) is -0.401. The van der Waals surface area contributed by atoms with Gasteiger partial charge in [-0.2, -0.15) is 0 Å². The zero-order chi connectivity index (χ0) is 39.2. The van der Waals surface area contributed by atoms with Gasteiger partial charge in [-0.3, -0.25) is 49.0 Å². The molecule has 0 aliphatic rings. The first-order valence-corrected chi connectivity index (χ1v) is 21.1. The van der Waals surface area contributed by atoms with Crippen LogP contribution in [0.4, 0.5) is 17.1 Å². The molecule has 0 saturated heterocycles. The van der Waals surface area contributed by atoms with Crippen molar-refractivity contribution in [1.82, 2.24) is 0 Å². The van der Waals surface area contributed by atoms with E-state index in [2.05, 4.69) is 33.7 Å². The van der Waals surface area contributed by atoms with Gasteiger partial charge in [-0.25, -0.2) is 4.57 Å². The average Bonchev–Trinajstić information content (AvgIpc) is 3.02. The Balaban J connectivity index is 0.000000915. The van der Waals surface area contributed by atoms with Gasteiger partial charge in [0.2, 0.25) is 0 Å². The standard InChI is InChI=1S/C16H15N2O9PS.C6H5NO3.C4H8O2S.Cl3OP/c1-12(19)29-11-10-25-28(24,26-15-6-2-13(3-7-15)17(20)21)27-16-8-4-14(5-9-16)18(22)23;8-6-3-1-5(2-4-6)7(9)10;1-4(6)7-3-2-5;1-5(2,3)4/h2-9H,10-11H2,1H3;1-4,8H;5H,2-3H2,1H3;. The van der Waals surface area contributed by atoms with Gasteiger partial charge < -0.3 is 19.3 Å². The van der Waals surface area contributed by atoms with E-state index < -0.39 is 27.8 Å². The number of phosphoric acid groups is 1. The average molecular weight is 855 g/mol. The van der Waals surface area contributed by atoms with Crippen molar-refractivity contribution in [2.24, 2.45) is 0 Å². The van der Waals surface area contributed by atoms with E-state index in [-0.39, 0.29) is 63.5 Å². The number of non-ortho nitro benzene ring substituents is 3. The lowest BCUT2D eigenvalue weighted by atomic mass is 10.3. The Kier molecular flexibility index (Phi) is 23.0. The molecule has 0 fully saturated rings. The first-order chi connectivity index (χ1) is 23.7. The highest BCUT2D eigenvalue weighted by Crippen LogP contribution is 2.61. The van der Waals surface area contributed by atoms with Gasteiger partial charge in [0, 0.05) is 61.8 Å². The molecular formula is C26H28Cl3N3O15P2S2. The van der Waals surface area contributed by atoms with Gasteiger partial charge in [-0.1, -0.05) is 23.5 Å². The maximum absolute atomic E-state index is 13.0. The number of phenolic OH excluding ortho intramolecular Hbond substituents is 1. The van der Waals surface area contributed by atoms with Crippen LogP contribution in [0.15, 0.2) is 72.8 Å². The van der Waals surface area contributed by atoms with E-state index in [0.717, 1.165) is 47.8 Å². The SMILES string of the molecule is CC(=O)SCCO.CC(=O)SCCOP(=O)(Oc1ccc([N+](=O)[O-])cc1)Oc1ccc([N+](=O)[O-])cc1.O=P(Cl)(Cl)Cl.O=[N+]([O-])c1ccc(O)cc1. The summed E-state index contributed by atoms with van der Waals surface area (Å²) in [6.45, 7) is 2.79. The summed E-state index contributed by atoms with van der Waals surface area (Å²) in [5.74, 6) is 0.716. The zero-order valence-electron chi connectivity index (χ0n) is 26.1. The summed E-state index contributed by atoms with van der Waals surface area (Å²) in [7, 11) is -4.27. The Hall–Kier alpha value is -3.45. The molecule has 0 spiro atoms. The van der Waals surface area contributed by atoms with Gasteiger partial charge in [0.1, 0.15) is 17.2 Å². The quantitative estimate of drug-likeness (QED) is 0.0704. The Morgan fingerprint density at radius 3 is 1.27 bits per heavy atom. The lowest BCUT2D eigenvalue weighted by Gasteiger charge is -2.18. The number of carbonyl (C=O) groups excluding carboxylic acids is 2. The monoisotopic (exact) mass is 853 g/mol. The van der Waals surface area contributed by atoms with E-state index >= 15 is 0 Å². The Morgan fingerprint density at radius 1 is 0.686 bits per heavy atom. The third-order valence-corrected chi connectivity index (χ3v) is 7.56. The summed E-state index contributed by atoms with van der Waals surface area (Å²) in [6, 6.07) is 14.5. The molecule has 0 amide bonds. The highest BCUT2D eigenvalue weighted by atomic mass is 36.0. The highest BCUT2D eigenvalue weighted by molar-refractivity contribution is 8.24. The molecule has 25 heteroatoms. The summed E-state index contributed by atoms with van der Waals surface area (Å²) >= 11 is 15.9. The second kappa shape index (κ2) is 24.7. The van der Waals surface area contributed by atoms with Crippen molar-refractivity contribution in [3.63, 3.8) is 0 Å². The molecule has 3 aromatic carbocycles. The van der Waals surface area contributed by atoms with Gasteiger partial charge in [0.15, 0.2) is 10.2 Å².